The second-order valence-corrected chi connectivity index (χ2v) is 19.8. The molecule has 1 saturated heterocycles. The van der Waals surface area contributed by atoms with Crippen LogP contribution in [0.2, 0.25) is 0 Å². The molecule has 2 N–H and O–H groups in total. The molecule has 1 fully saturated rings. The number of benzene rings is 1. The summed E-state index contributed by atoms with van der Waals surface area (Å²) in [5, 5.41) is 12.6. The van der Waals surface area contributed by atoms with E-state index in [9.17, 15) is 43.5 Å². The molecule has 0 aromatic heterocycles. The first kappa shape index (κ1) is 56.8. The fraction of sp³-hybridized carbons (Fsp3) is 0.680. The number of methoxy groups -OCH3 is 2. The average molecular weight is 1000 g/mol. The van der Waals surface area contributed by atoms with Crippen LogP contribution in [0.4, 0.5) is 0 Å². The summed E-state index contributed by atoms with van der Waals surface area (Å²) in [7, 11) is 6.30. The van der Waals surface area contributed by atoms with Gasteiger partial charge in [0, 0.05) is 72.7 Å². The van der Waals surface area contributed by atoms with E-state index in [1.165, 1.54) is 30.1 Å². The number of unbranched alkanes of at least 4 members (excludes halogenated alkanes) is 2. The normalized spacial score (nSPS) is 18.8. The number of carbonyl (C=O) groups is 8. The summed E-state index contributed by atoms with van der Waals surface area (Å²) in [5.41, 5.74) is 0.765. The monoisotopic (exact) mass is 1000 g/mol. The topological polar surface area (TPSA) is 200 Å². The van der Waals surface area contributed by atoms with Gasteiger partial charge in [-0.05, 0) is 64.9 Å². The van der Waals surface area contributed by atoms with Crippen LogP contribution in [0.5, 0.6) is 0 Å². The van der Waals surface area contributed by atoms with Crippen LogP contribution in [0.15, 0.2) is 40.9 Å². The number of amides is 6. The van der Waals surface area contributed by atoms with Crippen LogP contribution in [0.1, 0.15) is 112 Å². The van der Waals surface area contributed by atoms with Crippen molar-refractivity contribution < 1.29 is 52.9 Å². The zero-order valence-electron chi connectivity index (χ0n) is 41.5. The van der Waals surface area contributed by atoms with Crippen molar-refractivity contribution in [2.45, 2.75) is 149 Å². The highest BCUT2D eigenvalue weighted by molar-refractivity contribution is 9.12. The number of likely N-dealkylation sites (tertiary alicyclic amines) is 1. The van der Waals surface area contributed by atoms with E-state index < -0.39 is 60.1 Å². The van der Waals surface area contributed by atoms with Gasteiger partial charge in [0.05, 0.1) is 47.2 Å². The maximum atomic E-state index is 14.6. The summed E-state index contributed by atoms with van der Waals surface area (Å²) in [6.07, 6.45) is 3.49. The second-order valence-electron chi connectivity index (χ2n) is 19.0. The first-order valence-corrected chi connectivity index (χ1v) is 24.6. The molecule has 16 nitrogen and oxygen atoms in total. The number of ether oxygens (including phenoxy) is 2. The van der Waals surface area contributed by atoms with Crippen molar-refractivity contribution in [2.75, 3.05) is 41.4 Å². The van der Waals surface area contributed by atoms with Gasteiger partial charge < -0.3 is 34.6 Å². The molecule has 1 aromatic rings. The molecule has 0 bridgehead atoms. The molecule has 0 aliphatic carbocycles. The summed E-state index contributed by atoms with van der Waals surface area (Å²) in [6, 6.07) is 6.10. The van der Waals surface area contributed by atoms with Gasteiger partial charge >= 0.3 is 5.97 Å². The molecule has 67 heavy (non-hydrogen) atoms. The number of hydrogen-bond acceptors (Lipinski definition) is 10. The largest absolute Gasteiger partial charge is 0.480 e. The number of hydrogen-bond donors (Lipinski definition) is 2. The minimum Gasteiger partial charge on any atom is -0.480 e. The lowest BCUT2D eigenvalue weighted by molar-refractivity contribution is -0.150. The van der Waals surface area contributed by atoms with E-state index in [-0.39, 0.29) is 89.8 Å². The average Bonchev–Trinajstić information content (AvgIpc) is 3.87. The Morgan fingerprint density at radius 2 is 1.55 bits per heavy atom. The second kappa shape index (κ2) is 26.9. The smallest absolute Gasteiger partial charge is 0.326 e. The van der Waals surface area contributed by atoms with Gasteiger partial charge in [0.1, 0.15) is 6.04 Å². The van der Waals surface area contributed by atoms with Crippen molar-refractivity contribution in [2.24, 2.45) is 29.6 Å². The van der Waals surface area contributed by atoms with Crippen molar-refractivity contribution in [1.29, 1.82) is 0 Å². The molecule has 0 spiro atoms. The van der Waals surface area contributed by atoms with E-state index in [1.54, 1.807) is 55.1 Å². The van der Waals surface area contributed by atoms with Crippen molar-refractivity contribution >= 4 is 63.1 Å². The summed E-state index contributed by atoms with van der Waals surface area (Å²) in [5.74, 6) is -5.41. The van der Waals surface area contributed by atoms with E-state index in [2.05, 4.69) is 21.2 Å². The van der Waals surface area contributed by atoms with E-state index in [1.807, 2.05) is 47.6 Å². The Morgan fingerprint density at radius 3 is 2.09 bits per heavy atom. The van der Waals surface area contributed by atoms with E-state index in [0.29, 0.717) is 45.1 Å². The van der Waals surface area contributed by atoms with Crippen LogP contribution in [-0.4, -0.2) is 150 Å². The van der Waals surface area contributed by atoms with Crippen LogP contribution in [0, 0.1) is 29.6 Å². The number of carboxylic acids is 1. The van der Waals surface area contributed by atoms with Gasteiger partial charge in [0.15, 0.2) is 5.78 Å². The van der Waals surface area contributed by atoms with E-state index >= 15 is 0 Å². The molecule has 0 saturated carbocycles. The number of Topliss-reactive ketones (excluding diaryl/α,β-unsaturated/α-hetero) is 1. The third-order valence-corrected chi connectivity index (χ3v) is 14.3. The third kappa shape index (κ3) is 15.3. The molecule has 17 heteroatoms. The van der Waals surface area contributed by atoms with Crippen LogP contribution >= 0.6 is 15.9 Å². The number of carboxylic acid groups (broad SMARTS) is 1. The molecule has 374 valence electrons. The van der Waals surface area contributed by atoms with Crippen LogP contribution < -0.4 is 5.32 Å². The lowest BCUT2D eigenvalue weighted by Gasteiger charge is -2.41. The van der Waals surface area contributed by atoms with Crippen molar-refractivity contribution in [1.82, 2.24) is 24.9 Å². The summed E-state index contributed by atoms with van der Waals surface area (Å²) >= 11 is 3.09. The molecule has 1 aromatic carbocycles. The predicted molar refractivity (Wildman–Crippen MR) is 257 cm³/mol. The number of rotatable bonds is 28. The Hall–Kier alpha value is -4.48. The van der Waals surface area contributed by atoms with Gasteiger partial charge in [0.2, 0.25) is 23.6 Å². The van der Waals surface area contributed by atoms with Crippen molar-refractivity contribution in [3.63, 3.8) is 0 Å². The maximum Gasteiger partial charge on any atom is 0.326 e. The number of nitrogens with zero attached hydrogens (tertiary/aromatic N) is 4. The number of halogens is 1. The Balaban J connectivity index is 1.71. The highest BCUT2D eigenvalue weighted by Gasteiger charge is 2.44. The van der Waals surface area contributed by atoms with Crippen LogP contribution in [0.3, 0.4) is 0 Å². The number of imide groups is 1. The highest BCUT2D eigenvalue weighted by atomic mass is 79.9. The Kier molecular flexibility index (Phi) is 22.8. The first-order valence-electron chi connectivity index (χ1n) is 23.8. The molecular formula is C50H76BrN5O11. The summed E-state index contributed by atoms with van der Waals surface area (Å²) in [6.45, 7) is 13.9. The Bertz CT molecular complexity index is 1910. The first-order chi connectivity index (χ1) is 31.6. The van der Waals surface area contributed by atoms with Gasteiger partial charge in [-0.1, -0.05) is 91.6 Å². The van der Waals surface area contributed by atoms with E-state index in [0.717, 1.165) is 5.56 Å². The van der Waals surface area contributed by atoms with E-state index in [4.69, 9.17) is 9.47 Å². The molecule has 2 aliphatic rings. The zero-order valence-corrected chi connectivity index (χ0v) is 43.1. The lowest BCUT2D eigenvalue weighted by Crippen LogP contribution is -2.55. The number of aliphatic carboxylic acids is 1. The Labute approximate surface area is 406 Å². The molecule has 0 radical (unpaired) electrons. The van der Waals surface area contributed by atoms with Gasteiger partial charge in [-0.25, -0.2) is 4.79 Å². The minimum atomic E-state index is -1.16. The zero-order chi connectivity index (χ0) is 50.3. The molecule has 6 amide bonds. The molecule has 2 unspecified atom stereocenters. The number of likely N-dealkylation sites (N-methyl/N-ethyl adjacent to an activating group) is 2. The molecule has 2 heterocycles. The molecule has 9 atom stereocenters. The maximum absolute atomic E-state index is 14.6. The number of nitrogens with one attached hydrogen (secondary N) is 1. The number of ketones is 1. The van der Waals surface area contributed by atoms with Gasteiger partial charge in [-0.2, -0.15) is 0 Å². The third-order valence-electron chi connectivity index (χ3n) is 13.7. The number of carbonyl (C=O) groups excluding carboxylic acids is 7. The van der Waals surface area contributed by atoms with Crippen LogP contribution in [-0.2, 0) is 54.3 Å². The van der Waals surface area contributed by atoms with Gasteiger partial charge in [0.25, 0.3) is 11.8 Å². The quantitative estimate of drug-likeness (QED) is 0.0778. The predicted octanol–water partition coefficient (Wildman–Crippen LogP) is 5.64. The highest BCUT2D eigenvalue weighted by Crippen LogP contribution is 2.31. The SMILES string of the molecule is CC[C@H](C)[C@@H]([C@@H](CC(=O)N1CCCC1[C@H](OC)[C@@H](C)C(=O)NC(Cc1ccccc1)C(=O)O)OC)N(C)C(=O)[C@@H](CC(=O)[C@H](C(C)C)N(C)C(=O)CCCCCN1C(=O)C=C(Br)C1=O)C(C)C. The van der Waals surface area contributed by atoms with Gasteiger partial charge in [-0.15, -0.1) is 0 Å². The summed E-state index contributed by atoms with van der Waals surface area (Å²) < 4.78 is 12.2. The molecular weight excluding hydrogens is 926 g/mol. The van der Waals surface area contributed by atoms with Crippen LogP contribution in [0.25, 0.3) is 0 Å². The molecule has 3 rings (SSSR count). The Morgan fingerprint density at radius 1 is 0.896 bits per heavy atom. The van der Waals surface area contributed by atoms with Crippen molar-refractivity contribution in [3.8, 4) is 0 Å². The van der Waals surface area contributed by atoms with Gasteiger partial charge in [-0.3, -0.25) is 38.5 Å². The fourth-order valence-corrected chi connectivity index (χ4v) is 10.1. The van der Waals surface area contributed by atoms with Crippen molar-refractivity contribution in [3.05, 3.63) is 46.5 Å². The summed E-state index contributed by atoms with van der Waals surface area (Å²) in [4.78, 5) is 113. The minimum absolute atomic E-state index is 0.0636. The standard InChI is InChI=1S/C50H76BrN5O11/c1-12-32(6)45(40(66-10)29-43(60)55-25-19-22-38(55)46(67-11)33(7)47(61)52-37(50(64)65)26-34-20-15-13-16-21-34)54(9)48(62)35(30(2)3)27-39(57)44(31(4)5)53(8)41(58)23-17-14-18-24-56-42(59)28-36(51)49(56)63/h13,15-16,20-21,28,30-33,35,37-38,40,44-46H,12,14,17-19,22-27,29H2,1-11H3,(H,52,61)(H,64,65)/t32-,33+,35-,37?,38?,40+,44-,45-,46+/m0/s1. The lowest BCUT2D eigenvalue weighted by atomic mass is 9.83. The molecule has 2 aliphatic heterocycles. The fourth-order valence-electron chi connectivity index (χ4n) is 9.64.